The zero-order valence-corrected chi connectivity index (χ0v) is 25.9. The Bertz CT molecular complexity index is 1400. The molecule has 16 heteroatoms. The third kappa shape index (κ3) is 6.71. The lowest BCUT2D eigenvalue weighted by Gasteiger charge is -2.30. The van der Waals surface area contributed by atoms with E-state index in [9.17, 15) is 35.9 Å². The second-order valence-electron chi connectivity index (χ2n) is 12.0. The number of nitrogens with one attached hydrogen (secondary N) is 2. The summed E-state index contributed by atoms with van der Waals surface area (Å²) in [6.07, 6.45) is -5.68. The molecule has 0 aromatic heterocycles. The van der Waals surface area contributed by atoms with E-state index in [2.05, 4.69) is 20.1 Å². The first-order valence-corrected chi connectivity index (χ1v) is 14.8. The summed E-state index contributed by atoms with van der Waals surface area (Å²) < 4.78 is 84.5. The van der Waals surface area contributed by atoms with E-state index in [0.717, 1.165) is 36.8 Å². The van der Waals surface area contributed by atoms with E-state index >= 15 is 0 Å². The molecule has 2 atom stereocenters. The van der Waals surface area contributed by atoms with Crippen molar-refractivity contribution < 1.29 is 45.4 Å². The first-order chi connectivity index (χ1) is 20.9. The van der Waals surface area contributed by atoms with Crippen molar-refractivity contribution in [2.75, 3.05) is 39.3 Å². The van der Waals surface area contributed by atoms with Crippen LogP contribution in [0.1, 0.15) is 92.6 Å². The van der Waals surface area contributed by atoms with Gasteiger partial charge in [0, 0.05) is 39.3 Å². The molecule has 0 bridgehead atoms. The molecule has 46 heavy (non-hydrogen) atoms. The van der Waals surface area contributed by atoms with Gasteiger partial charge in [0.2, 0.25) is 0 Å². The van der Waals surface area contributed by atoms with Gasteiger partial charge in [-0.1, -0.05) is 12.1 Å². The highest BCUT2D eigenvalue weighted by Crippen LogP contribution is 2.49. The lowest BCUT2D eigenvalue weighted by Crippen LogP contribution is -2.44. The fourth-order valence-corrected chi connectivity index (χ4v) is 6.75. The highest BCUT2D eigenvalue weighted by molar-refractivity contribution is 6.03. The topological polar surface area (TPSA) is 83.1 Å². The predicted molar refractivity (Wildman–Crippen MR) is 158 cm³/mol. The van der Waals surface area contributed by atoms with Gasteiger partial charge in [-0.05, 0) is 71.9 Å². The molecule has 0 spiro atoms. The van der Waals surface area contributed by atoms with Crippen LogP contribution in [0.5, 0.6) is 11.5 Å². The maximum atomic E-state index is 12.7. The number of halogens is 8. The summed E-state index contributed by atoms with van der Waals surface area (Å²) in [5.74, 6) is -0.813. The second-order valence-corrected chi connectivity index (χ2v) is 12.0. The average molecular weight is 698 g/mol. The van der Waals surface area contributed by atoms with Crippen LogP contribution < -0.4 is 20.1 Å². The fourth-order valence-electron chi connectivity index (χ4n) is 6.75. The molecule has 252 valence electrons. The van der Waals surface area contributed by atoms with Gasteiger partial charge in [-0.2, -0.15) is 0 Å². The highest BCUT2D eigenvalue weighted by atomic mass is 35.5. The molecule has 2 saturated carbocycles. The smallest absolute Gasteiger partial charge is 0.405 e. The van der Waals surface area contributed by atoms with Crippen LogP contribution in [0, 0.1) is 0 Å². The summed E-state index contributed by atoms with van der Waals surface area (Å²) in [6.45, 7) is 3.45. The Labute approximate surface area is 272 Å². The number of piperazine rings is 2. The number of nitrogens with zero attached hydrogens (tertiary/aromatic N) is 2. The summed E-state index contributed by atoms with van der Waals surface area (Å²) in [7, 11) is 0. The molecule has 8 rings (SSSR count). The molecule has 4 fully saturated rings. The van der Waals surface area contributed by atoms with Crippen molar-refractivity contribution in [2.45, 2.75) is 62.3 Å². The van der Waals surface area contributed by atoms with Gasteiger partial charge < -0.3 is 29.9 Å². The first-order valence-electron chi connectivity index (χ1n) is 14.8. The van der Waals surface area contributed by atoms with Crippen LogP contribution in [0.2, 0.25) is 0 Å². The molecule has 2 N–H and O–H groups in total. The lowest BCUT2D eigenvalue weighted by atomic mass is 9.97. The van der Waals surface area contributed by atoms with E-state index < -0.39 is 12.7 Å². The molecule has 0 radical (unpaired) electrons. The number of amides is 2. The number of rotatable bonds is 4. The minimum atomic E-state index is -4.79. The van der Waals surface area contributed by atoms with Gasteiger partial charge in [0.25, 0.3) is 11.8 Å². The van der Waals surface area contributed by atoms with Crippen LogP contribution in [0.25, 0.3) is 0 Å². The molecular formula is C30H32Cl2F6N4O4. The Morgan fingerprint density at radius 1 is 0.630 bits per heavy atom. The summed E-state index contributed by atoms with van der Waals surface area (Å²) in [5, 5.41) is 6.39. The van der Waals surface area contributed by atoms with Crippen LogP contribution in [-0.2, 0) is 0 Å². The molecular weight excluding hydrogens is 665 g/mol. The Morgan fingerprint density at radius 3 is 1.33 bits per heavy atom. The number of ether oxygens (including phenoxy) is 2. The number of alkyl halides is 6. The molecule has 2 aromatic carbocycles. The highest BCUT2D eigenvalue weighted by Gasteiger charge is 2.45. The van der Waals surface area contributed by atoms with Crippen molar-refractivity contribution >= 4 is 36.6 Å². The molecule has 8 nitrogen and oxygen atoms in total. The molecule has 4 heterocycles. The number of carbonyl (C=O) groups excluding carboxylic acids is 2. The van der Waals surface area contributed by atoms with E-state index in [4.69, 9.17) is 0 Å². The zero-order chi connectivity index (χ0) is 31.0. The number of hydrogen-bond acceptors (Lipinski definition) is 6. The van der Waals surface area contributed by atoms with Crippen molar-refractivity contribution in [3.63, 3.8) is 0 Å². The van der Waals surface area contributed by atoms with Crippen LogP contribution in [0.3, 0.4) is 0 Å². The minimum Gasteiger partial charge on any atom is -0.405 e. The summed E-state index contributed by atoms with van der Waals surface area (Å²) >= 11 is 0. The molecule has 4 aliphatic heterocycles. The minimum absolute atomic E-state index is 0. The van der Waals surface area contributed by atoms with Gasteiger partial charge in [0.05, 0.1) is 23.2 Å². The molecule has 2 aliphatic carbocycles. The van der Waals surface area contributed by atoms with E-state index in [1.165, 1.54) is 12.1 Å². The molecule has 2 amide bonds. The summed E-state index contributed by atoms with van der Waals surface area (Å²) in [6, 6.07) is 6.20. The number of benzene rings is 2. The predicted octanol–water partition coefficient (Wildman–Crippen LogP) is 5.97. The number of hydrogen-bond donors (Lipinski definition) is 2. The van der Waals surface area contributed by atoms with Crippen molar-refractivity contribution in [2.24, 2.45) is 0 Å². The Morgan fingerprint density at radius 2 is 1.00 bits per heavy atom. The second kappa shape index (κ2) is 12.6. The molecule has 2 aromatic rings. The Balaban J connectivity index is 0.000000174. The average Bonchev–Trinajstić information content (AvgIpc) is 3.89. The maximum absolute atomic E-state index is 12.7. The van der Waals surface area contributed by atoms with Gasteiger partial charge in [0.15, 0.2) is 0 Å². The van der Waals surface area contributed by atoms with Crippen molar-refractivity contribution in [3.05, 3.63) is 57.6 Å². The van der Waals surface area contributed by atoms with E-state index in [1.54, 1.807) is 9.80 Å². The summed E-state index contributed by atoms with van der Waals surface area (Å²) in [5.41, 5.74) is 3.18. The third-order valence-electron chi connectivity index (χ3n) is 9.01. The number of carbonyl (C=O) groups is 2. The van der Waals surface area contributed by atoms with Gasteiger partial charge in [-0.3, -0.25) is 9.59 Å². The normalized spacial score (nSPS) is 23.2. The van der Waals surface area contributed by atoms with Crippen molar-refractivity contribution in [3.8, 4) is 11.5 Å². The van der Waals surface area contributed by atoms with Gasteiger partial charge >= 0.3 is 12.7 Å². The fraction of sp³-hybridized carbons (Fsp3) is 0.533. The maximum Gasteiger partial charge on any atom is 0.573 e. The van der Waals surface area contributed by atoms with Crippen molar-refractivity contribution in [1.82, 2.24) is 20.4 Å². The Hall–Kier alpha value is -2.94. The van der Waals surface area contributed by atoms with Crippen LogP contribution in [0.4, 0.5) is 26.3 Å². The van der Waals surface area contributed by atoms with Gasteiger partial charge in [0.1, 0.15) is 11.5 Å². The molecule has 0 unspecified atom stereocenters. The SMILES string of the molecule is Cl.Cl.O=C1c2c(OC(F)(F)F)cc(C3CC3)cc2[C@@H]2CNCCN12.O=C1c2c(OC(F)(F)F)cc(C3CC3)cc2[C@H]2CNCCN12. The van der Waals surface area contributed by atoms with Gasteiger partial charge in [-0.25, -0.2) is 0 Å². The zero-order valence-electron chi connectivity index (χ0n) is 24.3. The quantitative estimate of drug-likeness (QED) is 0.384. The number of fused-ring (bicyclic) bond motifs is 6. The van der Waals surface area contributed by atoms with Crippen LogP contribution in [0.15, 0.2) is 24.3 Å². The first kappa shape index (κ1) is 34.4. The monoisotopic (exact) mass is 696 g/mol. The Kier molecular flexibility index (Phi) is 9.41. The standard InChI is InChI=1S/2C15H15F3N2O2.2ClH/c2*16-15(17,18)22-12-6-9(8-1-2-8)5-10-11-7-19-3-4-20(11)14(21)13(10)12;;/h2*5-6,8,11,19H,1-4,7H2;2*1H/t2*11-;;/m10../s1. The molecule has 2 saturated heterocycles. The third-order valence-corrected chi connectivity index (χ3v) is 9.01. The van der Waals surface area contributed by atoms with Gasteiger partial charge in [-0.15, -0.1) is 51.2 Å². The molecule has 6 aliphatic rings. The van der Waals surface area contributed by atoms with E-state index in [0.29, 0.717) is 62.2 Å². The van der Waals surface area contributed by atoms with Crippen LogP contribution >= 0.6 is 24.8 Å². The lowest BCUT2D eigenvalue weighted by molar-refractivity contribution is -0.275. The summed E-state index contributed by atoms with van der Waals surface area (Å²) in [4.78, 5) is 28.3. The van der Waals surface area contributed by atoms with Crippen molar-refractivity contribution in [1.29, 1.82) is 0 Å². The van der Waals surface area contributed by atoms with Crippen LogP contribution in [-0.4, -0.2) is 73.6 Å². The van der Waals surface area contributed by atoms with E-state index in [1.807, 2.05) is 12.1 Å². The largest absolute Gasteiger partial charge is 0.573 e. The van der Waals surface area contributed by atoms with E-state index in [-0.39, 0.29) is 71.3 Å².